The van der Waals surface area contributed by atoms with Crippen LogP contribution in [0.5, 0.6) is 0 Å². The van der Waals surface area contributed by atoms with Gasteiger partial charge in [0.1, 0.15) is 0 Å². The predicted molar refractivity (Wildman–Crippen MR) is 124 cm³/mol. The Balaban J connectivity index is 1.76. The number of hydrogen-bond acceptors (Lipinski definition) is 4. The van der Waals surface area contributed by atoms with E-state index in [-0.39, 0.29) is 23.7 Å². The average Bonchev–Trinajstić information content (AvgIpc) is 3.22. The van der Waals surface area contributed by atoms with Gasteiger partial charge in [0.25, 0.3) is 0 Å². The Morgan fingerprint density at radius 1 is 0.719 bits per heavy atom. The number of aliphatic carboxylic acids is 2. The molecule has 6 atom stereocenters. The number of rotatable bonds is 12. The minimum Gasteiger partial charge on any atom is -0.481 e. The maximum absolute atomic E-state index is 11.3. The van der Waals surface area contributed by atoms with Crippen molar-refractivity contribution >= 4 is 11.9 Å². The van der Waals surface area contributed by atoms with Gasteiger partial charge in [0, 0.05) is 11.8 Å². The quantitative estimate of drug-likeness (QED) is 0.314. The van der Waals surface area contributed by atoms with Crippen molar-refractivity contribution in [3.8, 4) is 0 Å². The third kappa shape index (κ3) is 7.05. The molecule has 0 saturated heterocycles. The van der Waals surface area contributed by atoms with Crippen LogP contribution in [-0.2, 0) is 9.59 Å². The normalized spacial score (nSPS) is 31.4. The van der Waals surface area contributed by atoms with Gasteiger partial charge in [-0.2, -0.15) is 0 Å². The van der Waals surface area contributed by atoms with Gasteiger partial charge >= 0.3 is 11.9 Å². The summed E-state index contributed by atoms with van der Waals surface area (Å²) in [6.45, 7) is 7.00. The van der Waals surface area contributed by atoms with Crippen LogP contribution in [0.1, 0.15) is 91.9 Å². The van der Waals surface area contributed by atoms with Crippen molar-refractivity contribution in [3.05, 3.63) is 12.2 Å². The van der Waals surface area contributed by atoms with E-state index < -0.39 is 35.0 Å². The minimum absolute atomic E-state index is 0.107. The lowest BCUT2D eigenvalue weighted by molar-refractivity contribution is -0.148. The molecule has 2 saturated carbocycles. The summed E-state index contributed by atoms with van der Waals surface area (Å²) in [5, 5.41) is 40.0. The van der Waals surface area contributed by atoms with Crippen LogP contribution in [0.3, 0.4) is 0 Å². The summed E-state index contributed by atoms with van der Waals surface area (Å²) in [7, 11) is 0. The lowest BCUT2D eigenvalue weighted by atomic mass is 9.84. The summed E-state index contributed by atoms with van der Waals surface area (Å²) >= 11 is 0. The Morgan fingerprint density at radius 2 is 1.06 bits per heavy atom. The minimum atomic E-state index is -0.774. The van der Waals surface area contributed by atoms with E-state index in [0.717, 1.165) is 51.4 Å². The van der Waals surface area contributed by atoms with Gasteiger partial charge < -0.3 is 20.4 Å². The lowest BCUT2D eigenvalue weighted by Gasteiger charge is -2.22. The zero-order valence-electron chi connectivity index (χ0n) is 20.3. The summed E-state index contributed by atoms with van der Waals surface area (Å²) in [4.78, 5) is 22.5. The number of aliphatic hydroxyl groups excluding tert-OH is 2. The second-order valence-electron chi connectivity index (χ2n) is 11.5. The van der Waals surface area contributed by atoms with Gasteiger partial charge in [0.2, 0.25) is 0 Å². The van der Waals surface area contributed by atoms with Crippen LogP contribution < -0.4 is 0 Å². The lowest BCUT2D eigenvalue weighted by Crippen LogP contribution is -2.25. The molecule has 0 aromatic carbocycles. The Morgan fingerprint density at radius 3 is 1.38 bits per heavy atom. The molecule has 2 aliphatic carbocycles. The molecule has 0 heterocycles. The predicted octanol–water partition coefficient (Wildman–Crippen LogP) is 4.88. The van der Waals surface area contributed by atoms with Crippen LogP contribution in [0.2, 0.25) is 0 Å². The van der Waals surface area contributed by atoms with Crippen molar-refractivity contribution < 1.29 is 30.0 Å². The molecule has 4 N–H and O–H groups in total. The number of hydrogen-bond donors (Lipinski definition) is 4. The summed E-state index contributed by atoms with van der Waals surface area (Å²) in [6, 6.07) is 0. The molecule has 6 nitrogen and oxygen atoms in total. The molecular weight excluding hydrogens is 408 g/mol. The molecule has 0 aromatic heterocycles. The van der Waals surface area contributed by atoms with Crippen LogP contribution in [0.25, 0.3) is 0 Å². The second kappa shape index (κ2) is 11.1. The SMILES string of the molecule is CC(C)(CCCC1CCC(C=CC2CCC(CCCC(C)(C)C(=O)O)C2O)C1O)C(=O)O. The first kappa shape index (κ1) is 26.8. The molecular formula is C26H44O6. The topological polar surface area (TPSA) is 115 Å². The monoisotopic (exact) mass is 452 g/mol. The van der Waals surface area contributed by atoms with Crippen molar-refractivity contribution in [1.82, 2.24) is 0 Å². The smallest absolute Gasteiger partial charge is 0.309 e. The van der Waals surface area contributed by atoms with Gasteiger partial charge in [-0.15, -0.1) is 0 Å². The molecule has 0 amide bonds. The standard InChI is InChI=1S/C26H44O6/c1-25(2,23(29)30)15-5-7-17-9-11-19(21(17)27)13-14-20-12-10-18(22(20)28)8-6-16-26(3,4)24(31)32/h13-14,17-22,27-28H,5-12,15-16H2,1-4H3,(H,29,30)(H,31,32). The Kier molecular flexibility index (Phi) is 9.35. The molecule has 2 fully saturated rings. The third-order valence-corrected chi connectivity index (χ3v) is 8.10. The summed E-state index contributed by atoms with van der Waals surface area (Å²) in [6.07, 6.45) is 11.7. The van der Waals surface area contributed by atoms with Crippen LogP contribution in [-0.4, -0.2) is 44.6 Å². The van der Waals surface area contributed by atoms with Gasteiger partial charge in [-0.05, 0) is 90.9 Å². The van der Waals surface area contributed by atoms with Crippen LogP contribution >= 0.6 is 0 Å². The third-order valence-electron chi connectivity index (χ3n) is 8.10. The Labute approximate surface area is 193 Å². The molecule has 0 aliphatic heterocycles. The highest BCUT2D eigenvalue weighted by Gasteiger charge is 2.36. The van der Waals surface area contributed by atoms with Crippen molar-refractivity contribution in [3.63, 3.8) is 0 Å². The van der Waals surface area contributed by atoms with E-state index in [1.54, 1.807) is 27.7 Å². The van der Waals surface area contributed by atoms with E-state index in [0.29, 0.717) is 12.8 Å². The van der Waals surface area contributed by atoms with Gasteiger partial charge in [-0.1, -0.05) is 25.0 Å². The summed E-state index contributed by atoms with van der Waals surface area (Å²) in [5.74, 6) is -0.903. The molecule has 2 aliphatic rings. The first-order valence-corrected chi connectivity index (χ1v) is 12.4. The molecule has 32 heavy (non-hydrogen) atoms. The maximum Gasteiger partial charge on any atom is 0.309 e. The first-order chi connectivity index (χ1) is 14.8. The van der Waals surface area contributed by atoms with Gasteiger partial charge in [-0.3, -0.25) is 9.59 Å². The zero-order chi connectivity index (χ0) is 24.1. The average molecular weight is 453 g/mol. The number of carboxylic acids is 2. The summed E-state index contributed by atoms with van der Waals surface area (Å²) in [5.41, 5.74) is -1.44. The maximum atomic E-state index is 11.3. The Hall–Kier alpha value is -1.40. The van der Waals surface area contributed by atoms with E-state index in [4.69, 9.17) is 0 Å². The van der Waals surface area contributed by atoms with E-state index in [1.807, 2.05) is 0 Å². The molecule has 184 valence electrons. The first-order valence-electron chi connectivity index (χ1n) is 12.4. The molecule has 6 unspecified atom stereocenters. The fraction of sp³-hybridized carbons (Fsp3) is 0.846. The number of carbonyl (C=O) groups is 2. The van der Waals surface area contributed by atoms with E-state index in [9.17, 15) is 30.0 Å². The highest BCUT2D eigenvalue weighted by molar-refractivity contribution is 5.73. The van der Waals surface area contributed by atoms with Crippen molar-refractivity contribution in [2.45, 2.75) is 104 Å². The number of aliphatic hydroxyl groups is 2. The van der Waals surface area contributed by atoms with Crippen LogP contribution in [0, 0.1) is 34.5 Å². The van der Waals surface area contributed by atoms with Crippen LogP contribution in [0.4, 0.5) is 0 Å². The largest absolute Gasteiger partial charge is 0.481 e. The molecule has 6 heteroatoms. The van der Waals surface area contributed by atoms with Gasteiger partial charge in [-0.25, -0.2) is 0 Å². The molecule has 0 aromatic rings. The van der Waals surface area contributed by atoms with E-state index >= 15 is 0 Å². The van der Waals surface area contributed by atoms with Crippen molar-refractivity contribution in [2.24, 2.45) is 34.5 Å². The highest BCUT2D eigenvalue weighted by atomic mass is 16.4. The van der Waals surface area contributed by atoms with Crippen LogP contribution in [0.15, 0.2) is 12.2 Å². The van der Waals surface area contributed by atoms with Crippen molar-refractivity contribution in [2.75, 3.05) is 0 Å². The van der Waals surface area contributed by atoms with Gasteiger partial charge in [0.15, 0.2) is 0 Å². The summed E-state index contributed by atoms with van der Waals surface area (Å²) < 4.78 is 0. The van der Waals surface area contributed by atoms with Gasteiger partial charge in [0.05, 0.1) is 23.0 Å². The molecule has 0 bridgehead atoms. The zero-order valence-corrected chi connectivity index (χ0v) is 20.3. The highest BCUT2D eigenvalue weighted by Crippen LogP contribution is 2.40. The van der Waals surface area contributed by atoms with Crippen molar-refractivity contribution in [1.29, 1.82) is 0 Å². The number of carboxylic acid groups (broad SMARTS) is 2. The van der Waals surface area contributed by atoms with E-state index in [2.05, 4.69) is 12.2 Å². The molecule has 2 rings (SSSR count). The Bertz CT molecular complexity index is 611. The molecule has 0 radical (unpaired) electrons. The fourth-order valence-corrected chi connectivity index (χ4v) is 5.36. The second-order valence-corrected chi connectivity index (χ2v) is 11.5. The van der Waals surface area contributed by atoms with E-state index in [1.165, 1.54) is 0 Å². The fourth-order valence-electron chi connectivity index (χ4n) is 5.36. The molecule has 0 spiro atoms.